The smallest absolute Gasteiger partial charge is 0.207 e. The lowest BCUT2D eigenvalue weighted by Gasteiger charge is -2.12. The largest absolute Gasteiger partial charge is 0.494 e. The number of allylic oxidation sites excluding steroid dienone is 1. The topological polar surface area (TPSA) is 47.9 Å². The first-order valence-electron chi connectivity index (χ1n) is 1.95. The van der Waals surface area contributed by atoms with E-state index >= 15 is 0 Å². The van der Waals surface area contributed by atoms with Gasteiger partial charge in [0.05, 0.1) is 18.0 Å². The molecule has 0 aromatic rings. The van der Waals surface area contributed by atoms with Gasteiger partial charge < -0.3 is 5.11 Å². The molecule has 0 aliphatic carbocycles. The van der Waals surface area contributed by atoms with E-state index < -0.39 is 0 Å². The van der Waals surface area contributed by atoms with E-state index in [1.165, 1.54) is 12.3 Å². The third-order valence-electron chi connectivity index (χ3n) is 0.607. The lowest BCUT2D eigenvalue weighted by atomic mass is 10.6. The van der Waals surface area contributed by atoms with Crippen LogP contribution >= 0.6 is 11.8 Å². The number of nitrogens with one attached hydrogen (secondary N) is 1. The quantitative estimate of drug-likeness (QED) is 0.469. The molecule has 0 fully saturated rings. The second kappa shape index (κ2) is 1.92. The first kappa shape index (κ1) is 5.24. The molecule has 0 atom stereocenters. The van der Waals surface area contributed by atoms with Crippen molar-refractivity contribution < 1.29 is 5.11 Å². The summed E-state index contributed by atoms with van der Waals surface area (Å²) >= 11 is 5.23. The predicted octanol–water partition coefficient (Wildman–Crippen LogP) is 0.346. The van der Waals surface area contributed by atoms with Crippen molar-refractivity contribution in [3.05, 3.63) is 12.0 Å². The van der Waals surface area contributed by atoms with Gasteiger partial charge in [-0.15, -0.1) is 9.74 Å². The lowest BCUT2D eigenvalue weighted by Crippen LogP contribution is -2.26. The molecule has 1 rings (SSSR count). The van der Waals surface area contributed by atoms with Crippen molar-refractivity contribution in [3.8, 4) is 0 Å². The zero-order valence-corrected chi connectivity index (χ0v) is 4.63. The maximum Gasteiger partial charge on any atom is 0.207 e. The van der Waals surface area contributed by atoms with Crippen LogP contribution in [0.4, 0.5) is 0 Å². The summed E-state index contributed by atoms with van der Waals surface area (Å²) < 4.78 is 0.884. The third kappa shape index (κ3) is 1.04. The molecule has 0 saturated heterocycles. The Hall–Kier alpha value is -0.900. The molecule has 1 aliphatic heterocycles. The second-order valence-corrected chi connectivity index (χ2v) is 1.51. The van der Waals surface area contributed by atoms with Gasteiger partial charge in [-0.3, -0.25) is 0 Å². The van der Waals surface area contributed by atoms with Crippen LogP contribution in [0, 0.1) is 0 Å². The highest BCUT2D eigenvalue weighted by atomic mass is 35.5. The molecule has 0 unspecified atom stereocenters. The van der Waals surface area contributed by atoms with E-state index in [1.54, 1.807) is 0 Å². The SMILES string of the molecule is OC1=CC=NN(Cl)N1. The van der Waals surface area contributed by atoms with Gasteiger partial charge in [0.25, 0.3) is 0 Å². The van der Waals surface area contributed by atoms with Crippen molar-refractivity contribution in [3.63, 3.8) is 0 Å². The van der Waals surface area contributed by atoms with E-state index in [0.29, 0.717) is 0 Å². The zero-order valence-electron chi connectivity index (χ0n) is 3.87. The van der Waals surface area contributed by atoms with Gasteiger partial charge in [0.1, 0.15) is 0 Å². The van der Waals surface area contributed by atoms with Crippen LogP contribution in [0.25, 0.3) is 0 Å². The highest BCUT2D eigenvalue weighted by Gasteiger charge is 1.98. The molecule has 4 nitrogen and oxygen atoms in total. The summed E-state index contributed by atoms with van der Waals surface area (Å²) in [6, 6.07) is 0. The Labute approximate surface area is 51.1 Å². The molecule has 5 heteroatoms. The molecule has 0 amide bonds. The minimum Gasteiger partial charge on any atom is -0.494 e. The monoisotopic (exact) mass is 133 g/mol. The summed E-state index contributed by atoms with van der Waals surface area (Å²) in [5.74, 6) is -0.0185. The first-order valence-corrected chi connectivity index (χ1v) is 2.28. The van der Waals surface area contributed by atoms with Crippen LogP contribution in [0.2, 0.25) is 0 Å². The van der Waals surface area contributed by atoms with Crippen LogP contribution in [0.15, 0.2) is 17.1 Å². The predicted molar refractivity (Wildman–Crippen MR) is 30.0 cm³/mol. The summed E-state index contributed by atoms with van der Waals surface area (Å²) in [5, 5.41) is 12.1. The van der Waals surface area contributed by atoms with Crippen LogP contribution in [0.1, 0.15) is 0 Å². The van der Waals surface area contributed by atoms with Crippen molar-refractivity contribution >= 4 is 18.0 Å². The molecule has 0 spiro atoms. The van der Waals surface area contributed by atoms with Gasteiger partial charge in [-0.25, -0.2) is 5.43 Å². The van der Waals surface area contributed by atoms with Crippen LogP contribution in [0.5, 0.6) is 0 Å². The molecule has 0 bridgehead atoms. The molecule has 0 aromatic heterocycles. The number of aliphatic hydroxyl groups is 1. The summed E-state index contributed by atoms with van der Waals surface area (Å²) in [5.41, 5.74) is 2.30. The Morgan fingerprint density at radius 1 is 1.88 bits per heavy atom. The Morgan fingerprint density at radius 2 is 2.62 bits per heavy atom. The fraction of sp³-hybridized carbons (Fsp3) is 0. The number of hydrazine groups is 1. The minimum atomic E-state index is -0.0185. The van der Waals surface area contributed by atoms with Gasteiger partial charge in [-0.1, -0.05) is 0 Å². The van der Waals surface area contributed by atoms with Crippen molar-refractivity contribution in [2.24, 2.45) is 5.10 Å². The van der Waals surface area contributed by atoms with Gasteiger partial charge in [0, 0.05) is 6.08 Å². The lowest BCUT2D eigenvalue weighted by molar-refractivity contribution is 0.267. The van der Waals surface area contributed by atoms with E-state index in [9.17, 15) is 0 Å². The van der Waals surface area contributed by atoms with Gasteiger partial charge in [-0.05, 0) is 0 Å². The molecule has 0 saturated carbocycles. The molecular weight excluding hydrogens is 130 g/mol. The van der Waals surface area contributed by atoms with Crippen LogP contribution < -0.4 is 5.43 Å². The highest BCUT2D eigenvalue weighted by Crippen LogP contribution is 1.95. The molecule has 0 radical (unpaired) electrons. The number of nitrogens with zero attached hydrogens (tertiary/aromatic N) is 2. The Kier molecular flexibility index (Phi) is 1.26. The van der Waals surface area contributed by atoms with E-state index in [4.69, 9.17) is 16.9 Å². The van der Waals surface area contributed by atoms with Gasteiger partial charge in [0.15, 0.2) is 0 Å². The van der Waals surface area contributed by atoms with Crippen LogP contribution in [0.3, 0.4) is 0 Å². The molecular formula is C3H4ClN3O. The molecule has 8 heavy (non-hydrogen) atoms. The highest BCUT2D eigenvalue weighted by molar-refractivity contribution is 6.13. The number of hydrogen-bond donors (Lipinski definition) is 2. The Bertz CT molecular complexity index is 143. The summed E-state index contributed by atoms with van der Waals surface area (Å²) in [4.78, 5) is 0. The maximum atomic E-state index is 8.61. The number of aliphatic hydroxyl groups excluding tert-OH is 1. The zero-order chi connectivity index (χ0) is 5.98. The fourth-order valence-electron chi connectivity index (χ4n) is 0.323. The van der Waals surface area contributed by atoms with Crippen molar-refractivity contribution in [1.82, 2.24) is 10.1 Å². The van der Waals surface area contributed by atoms with E-state index in [1.807, 2.05) is 0 Å². The van der Waals surface area contributed by atoms with E-state index in [2.05, 4.69) is 10.5 Å². The fourth-order valence-corrected chi connectivity index (χ4v) is 0.460. The number of rotatable bonds is 0. The summed E-state index contributed by atoms with van der Waals surface area (Å²) in [6.45, 7) is 0. The third-order valence-corrected chi connectivity index (χ3v) is 0.779. The molecule has 1 heterocycles. The van der Waals surface area contributed by atoms with Gasteiger partial charge in [0.2, 0.25) is 5.88 Å². The van der Waals surface area contributed by atoms with Crippen LogP contribution in [-0.2, 0) is 0 Å². The van der Waals surface area contributed by atoms with Gasteiger partial charge in [-0.2, -0.15) is 0 Å². The molecule has 1 aliphatic rings. The van der Waals surface area contributed by atoms with Crippen LogP contribution in [-0.4, -0.2) is 16.0 Å². The average molecular weight is 134 g/mol. The van der Waals surface area contributed by atoms with E-state index in [-0.39, 0.29) is 5.88 Å². The standard InChI is InChI=1S/C3H4ClN3O/c4-7-5-2-1-3(8)6-7/h1-2,6,8H. The molecule has 0 aromatic carbocycles. The number of halogens is 1. The summed E-state index contributed by atoms with van der Waals surface area (Å²) in [6.07, 6.45) is 2.76. The van der Waals surface area contributed by atoms with Crippen molar-refractivity contribution in [2.45, 2.75) is 0 Å². The summed E-state index contributed by atoms with van der Waals surface area (Å²) in [7, 11) is 0. The van der Waals surface area contributed by atoms with Gasteiger partial charge >= 0.3 is 0 Å². The normalized spacial score (nSPS) is 17.6. The molecule has 44 valence electrons. The Balaban J connectivity index is 2.59. The molecule has 2 N–H and O–H groups in total. The van der Waals surface area contributed by atoms with E-state index in [0.717, 1.165) is 4.64 Å². The van der Waals surface area contributed by atoms with Crippen molar-refractivity contribution in [2.75, 3.05) is 0 Å². The average Bonchev–Trinajstić information content (AvgIpc) is 1.64. The van der Waals surface area contributed by atoms with Crippen molar-refractivity contribution in [1.29, 1.82) is 0 Å². The number of hydrogen-bond acceptors (Lipinski definition) is 4. The minimum absolute atomic E-state index is 0.0185. The number of hydrazone groups is 1. The maximum absolute atomic E-state index is 8.61. The second-order valence-electron chi connectivity index (χ2n) is 1.19. The first-order chi connectivity index (χ1) is 3.79. The Morgan fingerprint density at radius 3 is 3.00 bits per heavy atom.